The Hall–Kier alpha value is -1.06. The third-order valence-electron chi connectivity index (χ3n) is 2.13. The lowest BCUT2D eigenvalue weighted by atomic mass is 10.1. The molecule has 0 radical (unpaired) electrons. The van der Waals surface area contributed by atoms with Crippen molar-refractivity contribution in [1.82, 2.24) is 5.32 Å². The van der Waals surface area contributed by atoms with Gasteiger partial charge >= 0.3 is 0 Å². The van der Waals surface area contributed by atoms with Gasteiger partial charge in [-0.1, -0.05) is 23.7 Å². The number of nitrogens with one attached hydrogen (secondary N) is 1. The number of benzene rings is 1. The Morgan fingerprint density at radius 2 is 2.07 bits per heavy atom. The zero-order valence-corrected chi connectivity index (χ0v) is 8.25. The van der Waals surface area contributed by atoms with E-state index in [1.807, 2.05) is 12.1 Å². The predicted molar refractivity (Wildman–Crippen MR) is 53.2 cm³/mol. The summed E-state index contributed by atoms with van der Waals surface area (Å²) in [5, 5.41) is 3.54. The molecular weight excluding hydrogens is 202 g/mol. The van der Waals surface area contributed by atoms with Crippen molar-refractivity contribution in [2.45, 2.75) is 6.04 Å². The van der Waals surface area contributed by atoms with Crippen LogP contribution in [0.4, 0.5) is 0 Å². The monoisotopic (exact) mass is 211 g/mol. The van der Waals surface area contributed by atoms with Crippen molar-refractivity contribution in [1.29, 1.82) is 0 Å². The molecule has 4 heteroatoms. The molecule has 1 N–H and O–H groups in total. The lowest BCUT2D eigenvalue weighted by Crippen LogP contribution is -2.39. The molecule has 1 aliphatic rings. The predicted octanol–water partition coefficient (Wildman–Crippen LogP) is 1.53. The molecule has 0 aromatic heterocycles. The van der Waals surface area contributed by atoms with Gasteiger partial charge in [0.1, 0.15) is 6.61 Å². The quantitative estimate of drug-likeness (QED) is 0.765. The molecule has 1 amide bonds. The van der Waals surface area contributed by atoms with Crippen LogP contribution in [0.2, 0.25) is 5.02 Å². The summed E-state index contributed by atoms with van der Waals surface area (Å²) in [4.78, 5) is 11.1. The summed E-state index contributed by atoms with van der Waals surface area (Å²) >= 11 is 5.76. The first-order valence-corrected chi connectivity index (χ1v) is 4.76. The number of rotatable bonds is 1. The molecular formula is C10H10ClNO2. The zero-order valence-electron chi connectivity index (χ0n) is 7.50. The van der Waals surface area contributed by atoms with Gasteiger partial charge in [-0.3, -0.25) is 4.79 Å². The molecule has 1 saturated heterocycles. The Kier molecular flexibility index (Phi) is 2.70. The van der Waals surface area contributed by atoms with Crippen LogP contribution in [0.5, 0.6) is 0 Å². The van der Waals surface area contributed by atoms with E-state index in [0.717, 1.165) is 5.56 Å². The molecule has 0 spiro atoms. The molecule has 3 nitrogen and oxygen atoms in total. The highest BCUT2D eigenvalue weighted by Gasteiger charge is 2.19. The number of halogens is 1. The summed E-state index contributed by atoms with van der Waals surface area (Å²) in [5.41, 5.74) is 1.02. The molecule has 0 saturated carbocycles. The molecule has 1 aliphatic heterocycles. The second kappa shape index (κ2) is 3.98. The van der Waals surface area contributed by atoms with E-state index in [4.69, 9.17) is 16.3 Å². The Morgan fingerprint density at radius 1 is 1.36 bits per heavy atom. The van der Waals surface area contributed by atoms with E-state index < -0.39 is 0 Å². The smallest absolute Gasteiger partial charge is 0.246 e. The SMILES string of the molecule is O=C1COCC(c2ccc(Cl)cc2)N1. The minimum Gasteiger partial charge on any atom is -0.369 e. The van der Waals surface area contributed by atoms with Crippen molar-refractivity contribution in [3.05, 3.63) is 34.9 Å². The van der Waals surface area contributed by atoms with E-state index in [9.17, 15) is 4.79 Å². The Balaban J connectivity index is 2.14. The van der Waals surface area contributed by atoms with Gasteiger partial charge in [-0.25, -0.2) is 0 Å². The van der Waals surface area contributed by atoms with Gasteiger partial charge in [0.25, 0.3) is 0 Å². The standard InChI is InChI=1S/C10H10ClNO2/c11-8-3-1-7(2-4-8)9-5-14-6-10(13)12-9/h1-4,9H,5-6H2,(H,12,13). The van der Waals surface area contributed by atoms with E-state index in [0.29, 0.717) is 11.6 Å². The second-order valence-electron chi connectivity index (χ2n) is 3.19. The average molecular weight is 212 g/mol. The highest BCUT2D eigenvalue weighted by Crippen LogP contribution is 2.18. The summed E-state index contributed by atoms with van der Waals surface area (Å²) in [7, 11) is 0. The highest BCUT2D eigenvalue weighted by molar-refractivity contribution is 6.30. The summed E-state index contributed by atoms with van der Waals surface area (Å²) < 4.78 is 5.13. The molecule has 74 valence electrons. The van der Waals surface area contributed by atoms with Gasteiger partial charge in [-0.05, 0) is 17.7 Å². The normalized spacial score (nSPS) is 21.8. The molecule has 2 rings (SSSR count). The first-order chi connectivity index (χ1) is 6.75. The second-order valence-corrected chi connectivity index (χ2v) is 3.62. The fourth-order valence-electron chi connectivity index (χ4n) is 1.42. The molecule has 0 bridgehead atoms. The van der Waals surface area contributed by atoms with Gasteiger partial charge in [0.05, 0.1) is 12.6 Å². The van der Waals surface area contributed by atoms with Crippen LogP contribution in [-0.4, -0.2) is 19.1 Å². The van der Waals surface area contributed by atoms with Crippen molar-refractivity contribution in [2.24, 2.45) is 0 Å². The van der Waals surface area contributed by atoms with Crippen LogP contribution < -0.4 is 5.32 Å². The maximum absolute atomic E-state index is 11.1. The van der Waals surface area contributed by atoms with Crippen LogP contribution in [0, 0.1) is 0 Å². The van der Waals surface area contributed by atoms with Gasteiger partial charge in [-0.15, -0.1) is 0 Å². The fourth-order valence-corrected chi connectivity index (χ4v) is 1.55. The maximum atomic E-state index is 11.1. The molecule has 1 aromatic rings. The number of hydrogen-bond donors (Lipinski definition) is 1. The van der Waals surface area contributed by atoms with Crippen molar-refractivity contribution in [2.75, 3.05) is 13.2 Å². The van der Waals surface area contributed by atoms with Crippen LogP contribution in [0.1, 0.15) is 11.6 Å². The van der Waals surface area contributed by atoms with E-state index in [-0.39, 0.29) is 18.6 Å². The van der Waals surface area contributed by atoms with Crippen LogP contribution in [0.3, 0.4) is 0 Å². The molecule has 1 unspecified atom stereocenters. The largest absolute Gasteiger partial charge is 0.369 e. The van der Waals surface area contributed by atoms with Gasteiger partial charge in [-0.2, -0.15) is 0 Å². The van der Waals surface area contributed by atoms with E-state index >= 15 is 0 Å². The first kappa shape index (κ1) is 9.49. The molecule has 1 aromatic carbocycles. The Labute approximate surface area is 87.0 Å². The number of hydrogen-bond acceptors (Lipinski definition) is 2. The first-order valence-electron chi connectivity index (χ1n) is 4.38. The van der Waals surface area contributed by atoms with Crippen molar-refractivity contribution in [3.8, 4) is 0 Å². The lowest BCUT2D eigenvalue weighted by Gasteiger charge is -2.23. The third-order valence-corrected chi connectivity index (χ3v) is 2.38. The van der Waals surface area contributed by atoms with Crippen molar-refractivity contribution >= 4 is 17.5 Å². The number of ether oxygens (including phenoxy) is 1. The summed E-state index contributed by atoms with van der Waals surface area (Å²) in [6.07, 6.45) is 0. The summed E-state index contributed by atoms with van der Waals surface area (Å²) in [5.74, 6) is -0.0730. The van der Waals surface area contributed by atoms with Crippen LogP contribution in [0.15, 0.2) is 24.3 Å². The van der Waals surface area contributed by atoms with E-state index in [2.05, 4.69) is 5.32 Å². The van der Waals surface area contributed by atoms with Crippen molar-refractivity contribution in [3.63, 3.8) is 0 Å². The van der Waals surface area contributed by atoms with Gasteiger partial charge in [0.2, 0.25) is 5.91 Å². The number of carbonyl (C=O) groups excluding carboxylic acids is 1. The Morgan fingerprint density at radius 3 is 2.71 bits per heavy atom. The minimum absolute atomic E-state index is 0.0477. The molecule has 0 aliphatic carbocycles. The van der Waals surface area contributed by atoms with Crippen LogP contribution >= 0.6 is 11.6 Å². The summed E-state index contributed by atoms with van der Waals surface area (Å²) in [6, 6.07) is 7.34. The molecule has 1 heterocycles. The number of carbonyl (C=O) groups is 1. The van der Waals surface area contributed by atoms with Gasteiger partial charge in [0, 0.05) is 5.02 Å². The van der Waals surface area contributed by atoms with Gasteiger partial charge < -0.3 is 10.1 Å². The summed E-state index contributed by atoms with van der Waals surface area (Å²) in [6.45, 7) is 0.678. The molecule has 1 fully saturated rings. The molecule has 14 heavy (non-hydrogen) atoms. The van der Waals surface area contributed by atoms with E-state index in [1.54, 1.807) is 12.1 Å². The highest BCUT2D eigenvalue weighted by atomic mass is 35.5. The third kappa shape index (κ3) is 2.05. The topological polar surface area (TPSA) is 38.3 Å². The van der Waals surface area contributed by atoms with Crippen molar-refractivity contribution < 1.29 is 9.53 Å². The number of amides is 1. The zero-order chi connectivity index (χ0) is 9.97. The lowest BCUT2D eigenvalue weighted by molar-refractivity contribution is -0.131. The minimum atomic E-state index is -0.0730. The molecule has 1 atom stereocenters. The van der Waals surface area contributed by atoms with Crippen LogP contribution in [0.25, 0.3) is 0 Å². The maximum Gasteiger partial charge on any atom is 0.246 e. The van der Waals surface area contributed by atoms with E-state index in [1.165, 1.54) is 0 Å². The average Bonchev–Trinajstić information content (AvgIpc) is 2.19. The van der Waals surface area contributed by atoms with Gasteiger partial charge in [0.15, 0.2) is 0 Å². The van der Waals surface area contributed by atoms with Crippen LogP contribution in [-0.2, 0) is 9.53 Å². The number of morpholine rings is 1. The fraction of sp³-hybridized carbons (Fsp3) is 0.300. The Bertz CT molecular complexity index is 336.